The van der Waals surface area contributed by atoms with Crippen molar-refractivity contribution >= 4 is 0 Å². The number of benzene rings is 2. The SMILES string of the molecule is N#Cc1ccc(OCc2ccccc2F)c(F)c1. The third-order valence-electron chi connectivity index (χ3n) is 2.40. The van der Waals surface area contributed by atoms with Gasteiger partial charge in [0.15, 0.2) is 11.6 Å². The summed E-state index contributed by atoms with van der Waals surface area (Å²) in [6.45, 7) is -0.0600. The van der Waals surface area contributed by atoms with Crippen LogP contribution in [0.25, 0.3) is 0 Å². The van der Waals surface area contributed by atoms with Crippen molar-refractivity contribution in [1.29, 1.82) is 5.26 Å². The summed E-state index contributed by atoms with van der Waals surface area (Å²) in [6, 6.07) is 11.8. The minimum absolute atomic E-state index is 0.00254. The highest BCUT2D eigenvalue weighted by atomic mass is 19.1. The molecule has 0 aliphatic carbocycles. The van der Waals surface area contributed by atoms with Gasteiger partial charge in [-0.25, -0.2) is 8.78 Å². The molecule has 0 atom stereocenters. The van der Waals surface area contributed by atoms with Gasteiger partial charge < -0.3 is 4.74 Å². The van der Waals surface area contributed by atoms with Crippen molar-refractivity contribution in [1.82, 2.24) is 0 Å². The van der Waals surface area contributed by atoms with Gasteiger partial charge in [0.25, 0.3) is 0 Å². The molecule has 0 radical (unpaired) electrons. The Bertz CT molecular complexity index is 605. The van der Waals surface area contributed by atoms with E-state index >= 15 is 0 Å². The summed E-state index contributed by atoms with van der Waals surface area (Å²) in [5.74, 6) is -1.03. The molecule has 0 bridgehead atoms. The van der Waals surface area contributed by atoms with Gasteiger partial charge >= 0.3 is 0 Å². The van der Waals surface area contributed by atoms with Crippen LogP contribution in [0.3, 0.4) is 0 Å². The largest absolute Gasteiger partial charge is 0.486 e. The maximum Gasteiger partial charge on any atom is 0.166 e. The standard InChI is InChI=1S/C14H9F2NO/c15-12-4-2-1-3-11(12)9-18-14-6-5-10(8-17)7-13(14)16/h1-7H,9H2. The van der Waals surface area contributed by atoms with Crippen molar-refractivity contribution < 1.29 is 13.5 Å². The number of rotatable bonds is 3. The van der Waals surface area contributed by atoms with Crippen molar-refractivity contribution in [2.24, 2.45) is 0 Å². The van der Waals surface area contributed by atoms with Gasteiger partial charge in [0.05, 0.1) is 11.6 Å². The zero-order valence-corrected chi connectivity index (χ0v) is 9.36. The van der Waals surface area contributed by atoms with Gasteiger partial charge in [0.1, 0.15) is 12.4 Å². The highest BCUT2D eigenvalue weighted by Crippen LogP contribution is 2.19. The lowest BCUT2D eigenvalue weighted by Gasteiger charge is -2.08. The molecule has 2 rings (SSSR count). The first-order valence-electron chi connectivity index (χ1n) is 5.26. The smallest absolute Gasteiger partial charge is 0.166 e. The Labute approximate surface area is 103 Å². The fourth-order valence-corrected chi connectivity index (χ4v) is 1.46. The van der Waals surface area contributed by atoms with Crippen LogP contribution in [-0.4, -0.2) is 0 Å². The van der Waals surface area contributed by atoms with E-state index in [1.165, 1.54) is 18.2 Å². The van der Waals surface area contributed by atoms with Crippen molar-refractivity contribution in [3.63, 3.8) is 0 Å². The van der Waals surface area contributed by atoms with Crippen molar-refractivity contribution in [3.8, 4) is 11.8 Å². The predicted octanol–water partition coefficient (Wildman–Crippen LogP) is 3.42. The Morgan fingerprint density at radius 1 is 1.06 bits per heavy atom. The second-order valence-electron chi connectivity index (χ2n) is 3.64. The third kappa shape index (κ3) is 2.64. The molecule has 0 fully saturated rings. The quantitative estimate of drug-likeness (QED) is 0.830. The summed E-state index contributed by atoms with van der Waals surface area (Å²) in [7, 11) is 0. The van der Waals surface area contributed by atoms with Gasteiger partial charge in [0, 0.05) is 5.56 Å². The fourth-order valence-electron chi connectivity index (χ4n) is 1.46. The van der Waals surface area contributed by atoms with E-state index in [1.54, 1.807) is 18.2 Å². The van der Waals surface area contributed by atoms with Crippen molar-refractivity contribution in [2.75, 3.05) is 0 Å². The van der Waals surface area contributed by atoms with Crippen LogP contribution in [0.2, 0.25) is 0 Å². The van der Waals surface area contributed by atoms with E-state index in [-0.39, 0.29) is 17.9 Å². The van der Waals surface area contributed by atoms with Gasteiger partial charge in [-0.15, -0.1) is 0 Å². The molecule has 0 N–H and O–H groups in total. The molecule has 0 heterocycles. The molecule has 0 saturated carbocycles. The summed E-state index contributed by atoms with van der Waals surface area (Å²) < 4.78 is 31.9. The lowest BCUT2D eigenvalue weighted by molar-refractivity contribution is 0.285. The number of nitrogens with zero attached hydrogens (tertiary/aromatic N) is 1. The minimum Gasteiger partial charge on any atom is -0.486 e. The van der Waals surface area contributed by atoms with Crippen molar-refractivity contribution in [2.45, 2.75) is 6.61 Å². The maximum absolute atomic E-state index is 13.5. The lowest BCUT2D eigenvalue weighted by Crippen LogP contribution is -2.00. The van der Waals surface area contributed by atoms with Gasteiger partial charge in [-0.3, -0.25) is 0 Å². The molecule has 90 valence electrons. The first kappa shape index (κ1) is 12.1. The van der Waals surface area contributed by atoms with Gasteiger partial charge in [-0.05, 0) is 24.3 Å². The van der Waals surface area contributed by atoms with Gasteiger partial charge in [-0.2, -0.15) is 5.26 Å². The highest BCUT2D eigenvalue weighted by molar-refractivity contribution is 5.36. The van der Waals surface area contributed by atoms with Crippen LogP contribution in [0.5, 0.6) is 5.75 Å². The molecule has 0 saturated heterocycles. The van der Waals surface area contributed by atoms with Crippen LogP contribution < -0.4 is 4.74 Å². The molecular formula is C14H9F2NO. The van der Waals surface area contributed by atoms with E-state index in [0.717, 1.165) is 6.07 Å². The average molecular weight is 245 g/mol. The van der Waals surface area contributed by atoms with E-state index in [9.17, 15) is 8.78 Å². The third-order valence-corrected chi connectivity index (χ3v) is 2.40. The number of hydrogen-bond donors (Lipinski definition) is 0. The van der Waals surface area contributed by atoms with E-state index in [4.69, 9.17) is 10.00 Å². The second-order valence-corrected chi connectivity index (χ2v) is 3.64. The molecule has 0 spiro atoms. The van der Waals surface area contributed by atoms with E-state index in [1.807, 2.05) is 6.07 Å². The van der Waals surface area contributed by atoms with Gasteiger partial charge in [0.2, 0.25) is 0 Å². The maximum atomic E-state index is 13.5. The molecule has 2 nitrogen and oxygen atoms in total. The number of hydrogen-bond acceptors (Lipinski definition) is 2. The first-order chi connectivity index (χ1) is 8.70. The topological polar surface area (TPSA) is 33.0 Å². The Morgan fingerprint density at radius 3 is 2.50 bits per heavy atom. The summed E-state index contributed by atoms with van der Waals surface area (Å²) in [5, 5.41) is 8.59. The second kappa shape index (κ2) is 5.28. The molecule has 0 aromatic heterocycles. The summed E-state index contributed by atoms with van der Waals surface area (Å²) in [5.41, 5.74) is 0.562. The summed E-state index contributed by atoms with van der Waals surface area (Å²) in [4.78, 5) is 0. The average Bonchev–Trinajstić information content (AvgIpc) is 2.39. The molecule has 2 aromatic rings. The molecule has 0 unspecified atom stereocenters. The molecule has 18 heavy (non-hydrogen) atoms. The van der Waals surface area contributed by atoms with Crippen LogP contribution in [0.4, 0.5) is 8.78 Å². The Hall–Kier alpha value is -2.41. The zero-order valence-electron chi connectivity index (χ0n) is 9.36. The van der Waals surface area contributed by atoms with Crippen LogP contribution >= 0.6 is 0 Å². The van der Waals surface area contributed by atoms with E-state index < -0.39 is 11.6 Å². The highest BCUT2D eigenvalue weighted by Gasteiger charge is 2.06. The monoisotopic (exact) mass is 245 g/mol. The lowest BCUT2D eigenvalue weighted by atomic mass is 10.2. The van der Waals surface area contributed by atoms with Crippen LogP contribution in [-0.2, 0) is 6.61 Å². The molecule has 2 aromatic carbocycles. The molecule has 0 aliphatic rings. The normalized spacial score (nSPS) is 9.83. The minimum atomic E-state index is -0.634. The first-order valence-corrected chi connectivity index (χ1v) is 5.26. The number of nitriles is 1. The summed E-state index contributed by atoms with van der Waals surface area (Å²) in [6.07, 6.45) is 0. The van der Waals surface area contributed by atoms with E-state index in [0.29, 0.717) is 5.56 Å². The zero-order chi connectivity index (χ0) is 13.0. The Kier molecular flexibility index (Phi) is 3.54. The van der Waals surface area contributed by atoms with Crippen molar-refractivity contribution in [3.05, 3.63) is 65.2 Å². The molecule has 0 amide bonds. The van der Waals surface area contributed by atoms with Crippen LogP contribution in [0, 0.1) is 23.0 Å². The Balaban J connectivity index is 2.12. The molecule has 0 aliphatic heterocycles. The predicted molar refractivity (Wildman–Crippen MR) is 61.8 cm³/mol. The van der Waals surface area contributed by atoms with Gasteiger partial charge in [-0.1, -0.05) is 18.2 Å². The number of ether oxygens (including phenoxy) is 1. The summed E-state index contributed by atoms with van der Waals surface area (Å²) >= 11 is 0. The number of halogens is 2. The molecule has 4 heteroatoms. The van der Waals surface area contributed by atoms with Crippen LogP contribution in [0.1, 0.15) is 11.1 Å². The Morgan fingerprint density at radius 2 is 1.83 bits per heavy atom. The van der Waals surface area contributed by atoms with E-state index in [2.05, 4.69) is 0 Å². The fraction of sp³-hybridized carbons (Fsp3) is 0.0714. The molecular weight excluding hydrogens is 236 g/mol. The van der Waals surface area contributed by atoms with Crippen LogP contribution in [0.15, 0.2) is 42.5 Å².